The minimum Gasteiger partial charge on any atom is -0.370 e. The molecular formula is C18H17BrN2. The molecule has 1 saturated heterocycles. The van der Waals surface area contributed by atoms with Crippen LogP contribution in [0.2, 0.25) is 0 Å². The summed E-state index contributed by atoms with van der Waals surface area (Å²) < 4.78 is 0.882. The monoisotopic (exact) mass is 340 g/mol. The molecule has 1 heterocycles. The SMILES string of the molecule is N#Cc1c(Br)cccc1N1CCC(c2ccccc2)CC1. The van der Waals surface area contributed by atoms with Crippen LogP contribution in [0.5, 0.6) is 0 Å². The van der Waals surface area contributed by atoms with E-state index in [4.69, 9.17) is 0 Å². The fourth-order valence-corrected chi connectivity index (χ4v) is 3.51. The Morgan fingerprint density at radius 2 is 1.71 bits per heavy atom. The third-order valence-electron chi connectivity index (χ3n) is 4.21. The van der Waals surface area contributed by atoms with Crippen molar-refractivity contribution in [3.63, 3.8) is 0 Å². The summed E-state index contributed by atoms with van der Waals surface area (Å²) in [5.74, 6) is 0.639. The molecule has 2 aromatic carbocycles. The second-order valence-corrected chi connectivity index (χ2v) is 6.27. The van der Waals surface area contributed by atoms with E-state index in [-0.39, 0.29) is 0 Å². The highest BCUT2D eigenvalue weighted by atomic mass is 79.9. The number of piperidine rings is 1. The van der Waals surface area contributed by atoms with Gasteiger partial charge >= 0.3 is 0 Å². The summed E-state index contributed by atoms with van der Waals surface area (Å²) >= 11 is 3.47. The molecule has 2 nitrogen and oxygen atoms in total. The van der Waals surface area contributed by atoms with Gasteiger partial charge in [-0.05, 0) is 52.4 Å². The molecular weight excluding hydrogens is 324 g/mol. The van der Waals surface area contributed by atoms with Crippen LogP contribution in [0.15, 0.2) is 53.0 Å². The fourth-order valence-electron chi connectivity index (χ4n) is 3.07. The van der Waals surface area contributed by atoms with Gasteiger partial charge in [-0.1, -0.05) is 36.4 Å². The summed E-state index contributed by atoms with van der Waals surface area (Å²) in [4.78, 5) is 2.34. The maximum Gasteiger partial charge on any atom is 0.103 e. The summed E-state index contributed by atoms with van der Waals surface area (Å²) in [6.07, 6.45) is 2.28. The zero-order valence-corrected chi connectivity index (χ0v) is 13.4. The van der Waals surface area contributed by atoms with Crippen molar-refractivity contribution in [1.29, 1.82) is 5.26 Å². The van der Waals surface area contributed by atoms with Crippen LogP contribution in [0, 0.1) is 11.3 Å². The molecule has 1 fully saturated rings. The highest BCUT2D eigenvalue weighted by molar-refractivity contribution is 9.10. The molecule has 0 amide bonds. The van der Waals surface area contributed by atoms with Gasteiger partial charge in [0, 0.05) is 17.6 Å². The van der Waals surface area contributed by atoms with Crippen molar-refractivity contribution in [2.75, 3.05) is 18.0 Å². The van der Waals surface area contributed by atoms with Gasteiger partial charge in [0.1, 0.15) is 6.07 Å². The van der Waals surface area contributed by atoms with E-state index in [0.29, 0.717) is 5.92 Å². The van der Waals surface area contributed by atoms with Gasteiger partial charge in [-0.3, -0.25) is 0 Å². The molecule has 0 bridgehead atoms. The zero-order chi connectivity index (χ0) is 14.7. The molecule has 3 heteroatoms. The third-order valence-corrected chi connectivity index (χ3v) is 4.87. The van der Waals surface area contributed by atoms with Gasteiger partial charge in [-0.25, -0.2) is 0 Å². The van der Waals surface area contributed by atoms with Crippen molar-refractivity contribution in [2.45, 2.75) is 18.8 Å². The summed E-state index contributed by atoms with van der Waals surface area (Å²) in [6.45, 7) is 2.01. The summed E-state index contributed by atoms with van der Waals surface area (Å²) in [5, 5.41) is 9.35. The smallest absolute Gasteiger partial charge is 0.103 e. The molecule has 1 aliphatic rings. The number of rotatable bonds is 2. The number of hydrogen-bond acceptors (Lipinski definition) is 2. The number of halogens is 1. The molecule has 0 atom stereocenters. The maximum absolute atomic E-state index is 9.35. The van der Waals surface area contributed by atoms with Gasteiger partial charge in [-0.2, -0.15) is 5.26 Å². The molecule has 0 aliphatic carbocycles. The number of nitriles is 1. The second-order valence-electron chi connectivity index (χ2n) is 5.42. The molecule has 21 heavy (non-hydrogen) atoms. The first-order chi connectivity index (χ1) is 10.3. The molecule has 0 unspecified atom stereocenters. The third kappa shape index (κ3) is 2.96. The Kier molecular flexibility index (Phi) is 4.26. The van der Waals surface area contributed by atoms with E-state index < -0.39 is 0 Å². The highest BCUT2D eigenvalue weighted by Crippen LogP contribution is 2.33. The number of hydrogen-bond donors (Lipinski definition) is 0. The van der Waals surface area contributed by atoms with Gasteiger partial charge in [0.05, 0.1) is 11.3 Å². The van der Waals surface area contributed by atoms with E-state index in [1.165, 1.54) is 5.56 Å². The van der Waals surface area contributed by atoms with Crippen LogP contribution in [0.25, 0.3) is 0 Å². The minimum atomic E-state index is 0.639. The Hall–Kier alpha value is -1.79. The highest BCUT2D eigenvalue weighted by Gasteiger charge is 2.22. The lowest BCUT2D eigenvalue weighted by Crippen LogP contribution is -2.33. The molecule has 106 valence electrons. The largest absolute Gasteiger partial charge is 0.370 e. The van der Waals surface area contributed by atoms with Crippen LogP contribution >= 0.6 is 15.9 Å². The van der Waals surface area contributed by atoms with Crippen LogP contribution in [-0.4, -0.2) is 13.1 Å². The number of anilines is 1. The maximum atomic E-state index is 9.35. The van der Waals surface area contributed by atoms with Gasteiger partial charge in [-0.15, -0.1) is 0 Å². The minimum absolute atomic E-state index is 0.639. The fraction of sp³-hybridized carbons (Fsp3) is 0.278. The van der Waals surface area contributed by atoms with Crippen molar-refractivity contribution < 1.29 is 0 Å². The number of nitrogens with zero attached hydrogens (tertiary/aromatic N) is 2. The van der Waals surface area contributed by atoms with E-state index in [9.17, 15) is 5.26 Å². The normalized spacial score (nSPS) is 15.7. The van der Waals surface area contributed by atoms with Crippen molar-refractivity contribution in [3.05, 3.63) is 64.1 Å². The standard InChI is InChI=1S/C18H17BrN2/c19-17-7-4-8-18(16(17)13-20)21-11-9-15(10-12-21)14-5-2-1-3-6-14/h1-8,15H,9-12H2. The zero-order valence-electron chi connectivity index (χ0n) is 11.8. The second kappa shape index (κ2) is 6.32. The Balaban J connectivity index is 1.75. The van der Waals surface area contributed by atoms with Crippen molar-refractivity contribution in [3.8, 4) is 6.07 Å². The van der Waals surface area contributed by atoms with Gasteiger partial charge < -0.3 is 4.90 Å². The van der Waals surface area contributed by atoms with Crippen molar-refractivity contribution >= 4 is 21.6 Å². The van der Waals surface area contributed by atoms with Gasteiger partial charge in [0.15, 0.2) is 0 Å². The summed E-state index contributed by atoms with van der Waals surface area (Å²) in [6, 6.07) is 19.0. The lowest BCUT2D eigenvalue weighted by molar-refractivity contribution is 0.505. The average molecular weight is 341 g/mol. The van der Waals surface area contributed by atoms with E-state index >= 15 is 0 Å². The van der Waals surface area contributed by atoms with Crippen LogP contribution < -0.4 is 4.90 Å². The lowest BCUT2D eigenvalue weighted by Gasteiger charge is -2.34. The summed E-state index contributed by atoms with van der Waals surface area (Å²) in [5.41, 5.74) is 3.24. The average Bonchev–Trinajstić information content (AvgIpc) is 2.55. The van der Waals surface area contributed by atoms with E-state index in [1.54, 1.807) is 0 Å². The predicted molar refractivity (Wildman–Crippen MR) is 89.5 cm³/mol. The Morgan fingerprint density at radius 3 is 2.38 bits per heavy atom. The first-order valence-electron chi connectivity index (χ1n) is 7.28. The summed E-state index contributed by atoms with van der Waals surface area (Å²) in [7, 11) is 0. The molecule has 1 aliphatic heterocycles. The molecule has 0 aromatic heterocycles. The van der Waals surface area contributed by atoms with E-state index in [2.05, 4.69) is 57.2 Å². The molecule has 0 radical (unpaired) electrons. The predicted octanol–water partition coefficient (Wildman–Crippen LogP) is 4.70. The van der Waals surface area contributed by atoms with E-state index in [1.807, 2.05) is 18.2 Å². The van der Waals surface area contributed by atoms with Crippen LogP contribution in [0.1, 0.15) is 29.9 Å². The van der Waals surface area contributed by atoms with Crippen molar-refractivity contribution in [2.24, 2.45) is 0 Å². The van der Waals surface area contributed by atoms with Gasteiger partial charge in [0.2, 0.25) is 0 Å². The van der Waals surface area contributed by atoms with Crippen LogP contribution in [-0.2, 0) is 0 Å². The molecule has 0 N–H and O–H groups in total. The first-order valence-corrected chi connectivity index (χ1v) is 8.07. The van der Waals surface area contributed by atoms with Crippen LogP contribution in [0.4, 0.5) is 5.69 Å². The first kappa shape index (κ1) is 14.2. The lowest BCUT2D eigenvalue weighted by atomic mass is 9.89. The Labute approximate surface area is 134 Å². The molecule has 3 rings (SSSR count). The number of benzene rings is 2. The molecule has 2 aromatic rings. The molecule has 0 saturated carbocycles. The molecule has 0 spiro atoms. The van der Waals surface area contributed by atoms with Crippen molar-refractivity contribution in [1.82, 2.24) is 0 Å². The van der Waals surface area contributed by atoms with E-state index in [0.717, 1.165) is 41.7 Å². The topological polar surface area (TPSA) is 27.0 Å². The Morgan fingerprint density at radius 1 is 1.00 bits per heavy atom. The van der Waals surface area contributed by atoms with Gasteiger partial charge in [0.25, 0.3) is 0 Å². The van der Waals surface area contributed by atoms with Crippen LogP contribution in [0.3, 0.4) is 0 Å². The quantitative estimate of drug-likeness (QED) is 0.791. The Bertz CT molecular complexity index is 653.